The Morgan fingerprint density at radius 3 is 2.67 bits per heavy atom. The van der Waals surface area contributed by atoms with Crippen molar-refractivity contribution in [2.45, 2.75) is 20.0 Å². The number of hydrogen-bond acceptors (Lipinski definition) is 3. The zero-order valence-corrected chi connectivity index (χ0v) is 7.49. The van der Waals surface area contributed by atoms with Crippen LogP contribution in [-0.4, -0.2) is 42.9 Å². The van der Waals surface area contributed by atoms with E-state index in [1.54, 1.807) is 0 Å². The van der Waals surface area contributed by atoms with E-state index < -0.39 is 0 Å². The summed E-state index contributed by atoms with van der Waals surface area (Å²) in [6.45, 7) is 6.63. The summed E-state index contributed by atoms with van der Waals surface area (Å²) in [6, 6.07) is 0. The van der Waals surface area contributed by atoms with Crippen molar-refractivity contribution in [1.29, 1.82) is 0 Å². The second-order valence-electron chi connectivity index (χ2n) is 2.68. The first-order valence-corrected chi connectivity index (χ1v) is 4.22. The van der Waals surface area contributed by atoms with Gasteiger partial charge in [-0.05, 0) is 13.1 Å². The number of hydrogen-bond donors (Lipinski definition) is 0. The monoisotopic (exact) mass is 170 g/mol. The fourth-order valence-corrected chi connectivity index (χ4v) is 1.13. The first kappa shape index (κ1) is 9.19. The molecule has 0 spiro atoms. The molecular weight excluding hydrogens is 156 g/mol. The van der Waals surface area contributed by atoms with Crippen molar-refractivity contribution in [2.24, 2.45) is 4.99 Å². The lowest BCUT2D eigenvalue weighted by Crippen LogP contribution is -2.35. The fraction of sp³-hybridized carbons (Fsp3) is 0.750. The van der Waals surface area contributed by atoms with Gasteiger partial charge in [-0.1, -0.05) is 13.8 Å². The number of carbonyl (C=O) groups excluding carboxylic acids is 1. The van der Waals surface area contributed by atoms with E-state index in [1.165, 1.54) is 6.40 Å². The van der Waals surface area contributed by atoms with Crippen molar-refractivity contribution < 1.29 is 9.53 Å². The Bertz CT molecular complexity index is 187. The van der Waals surface area contributed by atoms with Crippen molar-refractivity contribution in [3.8, 4) is 0 Å². The molecule has 12 heavy (non-hydrogen) atoms. The van der Waals surface area contributed by atoms with Gasteiger partial charge in [0, 0.05) is 6.54 Å². The molecule has 1 heterocycles. The molecule has 1 aliphatic heterocycles. The van der Waals surface area contributed by atoms with Crippen LogP contribution in [0.4, 0.5) is 0 Å². The highest BCUT2D eigenvalue weighted by Crippen LogP contribution is 2.03. The molecule has 0 fully saturated rings. The number of rotatable bonds is 4. The molecule has 0 saturated heterocycles. The number of ether oxygens (including phenoxy) is 1. The zero-order valence-electron chi connectivity index (χ0n) is 7.49. The smallest absolute Gasteiger partial charge is 0.290 e. The van der Waals surface area contributed by atoms with Crippen LogP contribution in [0.5, 0.6) is 0 Å². The van der Waals surface area contributed by atoms with E-state index in [0.29, 0.717) is 6.54 Å². The van der Waals surface area contributed by atoms with E-state index in [-0.39, 0.29) is 12.0 Å². The van der Waals surface area contributed by atoms with Crippen molar-refractivity contribution in [1.82, 2.24) is 4.90 Å². The molecule has 1 atom stereocenters. The molecule has 68 valence electrons. The van der Waals surface area contributed by atoms with Gasteiger partial charge in [-0.2, -0.15) is 4.99 Å². The summed E-state index contributed by atoms with van der Waals surface area (Å²) >= 11 is 0. The summed E-state index contributed by atoms with van der Waals surface area (Å²) < 4.78 is 5.02. The molecule has 1 amide bonds. The first-order chi connectivity index (χ1) is 5.77. The van der Waals surface area contributed by atoms with Crippen LogP contribution in [0.1, 0.15) is 13.8 Å². The minimum absolute atomic E-state index is 0.165. The van der Waals surface area contributed by atoms with E-state index in [2.05, 4.69) is 23.7 Å². The van der Waals surface area contributed by atoms with Crippen molar-refractivity contribution in [2.75, 3.05) is 19.6 Å². The molecular formula is C8H14N2O2. The first-order valence-electron chi connectivity index (χ1n) is 4.22. The minimum Gasteiger partial charge on any atom is -0.469 e. The van der Waals surface area contributed by atoms with Crippen LogP contribution in [-0.2, 0) is 9.53 Å². The Labute approximate surface area is 72.2 Å². The summed E-state index contributed by atoms with van der Waals surface area (Å²) in [7, 11) is 0. The van der Waals surface area contributed by atoms with Gasteiger partial charge in [0.2, 0.25) is 0 Å². The average molecular weight is 170 g/mol. The lowest BCUT2D eigenvalue weighted by Gasteiger charge is -2.19. The van der Waals surface area contributed by atoms with Crippen LogP contribution >= 0.6 is 0 Å². The van der Waals surface area contributed by atoms with Gasteiger partial charge in [-0.15, -0.1) is 0 Å². The third kappa shape index (κ3) is 2.04. The van der Waals surface area contributed by atoms with Crippen molar-refractivity contribution >= 4 is 12.3 Å². The second-order valence-corrected chi connectivity index (χ2v) is 2.68. The molecule has 0 aliphatic carbocycles. The summed E-state index contributed by atoms with van der Waals surface area (Å²) in [5, 5.41) is 0. The van der Waals surface area contributed by atoms with Gasteiger partial charge in [0.25, 0.3) is 5.91 Å². The van der Waals surface area contributed by atoms with Gasteiger partial charge in [0.05, 0.1) is 0 Å². The zero-order chi connectivity index (χ0) is 8.97. The highest BCUT2D eigenvalue weighted by atomic mass is 16.5. The third-order valence-electron chi connectivity index (χ3n) is 2.00. The van der Waals surface area contributed by atoms with E-state index in [9.17, 15) is 4.79 Å². The molecule has 4 heteroatoms. The van der Waals surface area contributed by atoms with Crippen LogP contribution in [0.3, 0.4) is 0 Å². The summed E-state index contributed by atoms with van der Waals surface area (Å²) in [4.78, 5) is 16.7. The maximum atomic E-state index is 11.0. The van der Waals surface area contributed by atoms with Gasteiger partial charge in [0.1, 0.15) is 0 Å². The molecule has 0 radical (unpaired) electrons. The molecule has 0 aromatic carbocycles. The topological polar surface area (TPSA) is 41.9 Å². The fourth-order valence-electron chi connectivity index (χ4n) is 1.13. The second kappa shape index (κ2) is 4.21. The maximum Gasteiger partial charge on any atom is 0.290 e. The number of likely N-dealkylation sites (N-methyl/N-ethyl adjacent to an activating group) is 1. The SMILES string of the molecule is CCN(CC)CC1OC=NC1=O. The highest BCUT2D eigenvalue weighted by molar-refractivity contribution is 5.91. The normalized spacial score (nSPS) is 21.9. The summed E-state index contributed by atoms with van der Waals surface area (Å²) in [6.07, 6.45) is 0.862. The standard InChI is InChI=1S/C8H14N2O2/c1-3-10(4-2)5-7-8(11)9-6-12-7/h6-7H,3-5H2,1-2H3. The minimum atomic E-state index is -0.370. The Hall–Kier alpha value is -0.900. The van der Waals surface area contributed by atoms with Gasteiger partial charge >= 0.3 is 0 Å². The number of nitrogens with zero attached hydrogens (tertiary/aromatic N) is 2. The number of carbonyl (C=O) groups is 1. The van der Waals surface area contributed by atoms with Crippen LogP contribution < -0.4 is 0 Å². The quantitative estimate of drug-likeness (QED) is 0.608. The lowest BCUT2D eigenvalue weighted by molar-refractivity contribution is -0.123. The number of aliphatic imine (C=N–C) groups is 1. The Kier molecular flexibility index (Phi) is 3.22. The number of amides is 1. The molecule has 0 aromatic heterocycles. The van der Waals surface area contributed by atoms with E-state index >= 15 is 0 Å². The van der Waals surface area contributed by atoms with E-state index in [4.69, 9.17) is 4.74 Å². The molecule has 1 aliphatic rings. The Balaban J connectivity index is 2.35. The molecule has 0 bridgehead atoms. The summed E-state index contributed by atoms with van der Waals surface area (Å²) in [5.74, 6) is -0.165. The van der Waals surface area contributed by atoms with Crippen LogP contribution in [0.25, 0.3) is 0 Å². The molecule has 1 unspecified atom stereocenters. The van der Waals surface area contributed by atoms with E-state index in [0.717, 1.165) is 13.1 Å². The highest BCUT2D eigenvalue weighted by Gasteiger charge is 2.24. The van der Waals surface area contributed by atoms with Crippen LogP contribution in [0.2, 0.25) is 0 Å². The van der Waals surface area contributed by atoms with Gasteiger partial charge < -0.3 is 4.74 Å². The largest absolute Gasteiger partial charge is 0.469 e. The Morgan fingerprint density at radius 2 is 2.25 bits per heavy atom. The van der Waals surface area contributed by atoms with Crippen LogP contribution in [0, 0.1) is 0 Å². The van der Waals surface area contributed by atoms with Crippen molar-refractivity contribution in [3.05, 3.63) is 0 Å². The average Bonchev–Trinajstić information content (AvgIpc) is 2.47. The molecule has 0 aromatic rings. The van der Waals surface area contributed by atoms with Gasteiger partial charge in [-0.3, -0.25) is 9.69 Å². The molecule has 0 N–H and O–H groups in total. The van der Waals surface area contributed by atoms with E-state index in [1.807, 2.05) is 0 Å². The lowest BCUT2D eigenvalue weighted by atomic mass is 10.3. The Morgan fingerprint density at radius 1 is 1.58 bits per heavy atom. The van der Waals surface area contributed by atoms with Gasteiger partial charge in [-0.25, -0.2) is 0 Å². The third-order valence-corrected chi connectivity index (χ3v) is 2.00. The maximum absolute atomic E-state index is 11.0. The van der Waals surface area contributed by atoms with Crippen molar-refractivity contribution in [3.63, 3.8) is 0 Å². The predicted molar refractivity (Wildman–Crippen MR) is 46.2 cm³/mol. The molecule has 0 saturated carbocycles. The van der Waals surface area contributed by atoms with Gasteiger partial charge in [0.15, 0.2) is 12.5 Å². The molecule has 4 nitrogen and oxygen atoms in total. The molecule has 1 rings (SSSR count). The predicted octanol–water partition coefficient (Wildman–Crippen LogP) is 0.282. The van der Waals surface area contributed by atoms with Crippen LogP contribution in [0.15, 0.2) is 4.99 Å². The summed E-state index contributed by atoms with van der Waals surface area (Å²) in [5.41, 5.74) is 0.